The van der Waals surface area contributed by atoms with Crippen LogP contribution in [0, 0.1) is 0 Å². The van der Waals surface area contributed by atoms with Crippen molar-refractivity contribution in [1.82, 2.24) is 4.57 Å². The number of hydrogen-bond acceptors (Lipinski definition) is 3. The molecular weight excluding hydrogens is 204 g/mol. The molecule has 4 heteroatoms. The molecule has 4 nitrogen and oxygen atoms in total. The predicted molar refractivity (Wildman–Crippen MR) is 64.4 cm³/mol. The molecule has 1 unspecified atom stereocenters. The molecule has 16 heavy (non-hydrogen) atoms. The van der Waals surface area contributed by atoms with Gasteiger partial charge in [0.1, 0.15) is 11.8 Å². The highest BCUT2D eigenvalue weighted by Crippen LogP contribution is 2.34. The molecule has 1 aromatic rings. The first-order valence-electron chi connectivity index (χ1n) is 5.64. The van der Waals surface area contributed by atoms with Crippen LogP contribution in [0.4, 0.5) is 5.69 Å². The average molecular weight is 222 g/mol. The fourth-order valence-electron chi connectivity index (χ4n) is 1.93. The average Bonchev–Trinajstić information content (AvgIpc) is 2.22. The van der Waals surface area contributed by atoms with E-state index in [-0.39, 0.29) is 11.7 Å². The number of fused-ring (bicyclic) bond motifs is 1. The van der Waals surface area contributed by atoms with Gasteiger partial charge in [0.15, 0.2) is 5.75 Å². The van der Waals surface area contributed by atoms with Crippen LogP contribution in [0.5, 0.6) is 5.75 Å². The number of rotatable bonds is 1. The Kier molecular flexibility index (Phi) is 2.66. The quantitative estimate of drug-likeness (QED) is 0.786. The third-order valence-corrected chi connectivity index (χ3v) is 2.86. The van der Waals surface area contributed by atoms with Crippen molar-refractivity contribution >= 4 is 5.69 Å². The minimum atomic E-state index is -0.0219. The van der Waals surface area contributed by atoms with E-state index < -0.39 is 0 Å². The summed E-state index contributed by atoms with van der Waals surface area (Å²) in [5, 5.41) is 3.16. The number of nitrogens with zero attached hydrogens (tertiary/aromatic N) is 1. The second-order valence-electron chi connectivity index (χ2n) is 4.67. The van der Waals surface area contributed by atoms with Crippen LogP contribution in [0.25, 0.3) is 0 Å². The molecule has 1 atom stereocenters. The molecule has 1 aliphatic rings. The topological polar surface area (TPSA) is 43.3 Å². The summed E-state index contributed by atoms with van der Waals surface area (Å²) in [5.74, 6) is 1.07. The molecule has 0 spiro atoms. The van der Waals surface area contributed by atoms with Crippen molar-refractivity contribution in [2.75, 3.05) is 11.9 Å². The van der Waals surface area contributed by atoms with E-state index >= 15 is 0 Å². The lowest BCUT2D eigenvalue weighted by Gasteiger charge is -2.27. The first kappa shape index (κ1) is 11.0. The summed E-state index contributed by atoms with van der Waals surface area (Å²) >= 11 is 0. The van der Waals surface area contributed by atoms with E-state index in [1.54, 1.807) is 11.6 Å². The maximum Gasteiger partial charge on any atom is 0.277 e. The van der Waals surface area contributed by atoms with Crippen molar-refractivity contribution in [1.29, 1.82) is 0 Å². The van der Waals surface area contributed by atoms with Crippen LogP contribution in [-0.4, -0.2) is 17.2 Å². The molecule has 0 amide bonds. The minimum Gasteiger partial charge on any atom is -0.486 e. The molecule has 1 aromatic heterocycles. The maximum absolute atomic E-state index is 11.9. The Morgan fingerprint density at radius 1 is 1.56 bits per heavy atom. The number of aromatic nitrogens is 1. The molecular formula is C12H18N2O2. The van der Waals surface area contributed by atoms with Gasteiger partial charge in [-0.05, 0) is 12.8 Å². The molecule has 88 valence electrons. The smallest absolute Gasteiger partial charge is 0.277 e. The summed E-state index contributed by atoms with van der Waals surface area (Å²) in [4.78, 5) is 11.9. The van der Waals surface area contributed by atoms with Crippen molar-refractivity contribution in [3.8, 4) is 5.75 Å². The van der Waals surface area contributed by atoms with Gasteiger partial charge in [-0.15, -0.1) is 0 Å². The molecule has 2 heterocycles. The van der Waals surface area contributed by atoms with Crippen LogP contribution in [0.2, 0.25) is 0 Å². The number of ether oxygens (including phenoxy) is 1. The van der Waals surface area contributed by atoms with Gasteiger partial charge in [0.25, 0.3) is 5.56 Å². The summed E-state index contributed by atoms with van der Waals surface area (Å²) < 4.78 is 7.40. The third kappa shape index (κ3) is 1.68. The van der Waals surface area contributed by atoms with Gasteiger partial charge < -0.3 is 14.6 Å². The van der Waals surface area contributed by atoms with E-state index in [1.165, 1.54) is 0 Å². The minimum absolute atomic E-state index is 0.0219. The predicted octanol–water partition coefficient (Wildman–Crippen LogP) is 1.70. The van der Waals surface area contributed by atoms with Gasteiger partial charge in [-0.2, -0.15) is 0 Å². The zero-order valence-corrected chi connectivity index (χ0v) is 10.2. The van der Waals surface area contributed by atoms with E-state index in [2.05, 4.69) is 19.2 Å². The van der Waals surface area contributed by atoms with Crippen LogP contribution >= 0.6 is 0 Å². The summed E-state index contributed by atoms with van der Waals surface area (Å²) in [5.41, 5.74) is 1.66. The standard InChI is InChI=1S/C12H18N2O2/c1-7(2)9-6-14(4)12(15)10-11(9)16-8(3)5-13-10/h6-8,13H,5H2,1-4H3. The van der Waals surface area contributed by atoms with Crippen molar-refractivity contribution in [3.05, 3.63) is 22.1 Å². The normalized spacial score (nSPS) is 18.9. The Hall–Kier alpha value is -1.45. The van der Waals surface area contributed by atoms with Crippen molar-refractivity contribution in [3.63, 3.8) is 0 Å². The SMILES string of the molecule is CC1CNc2c(c(C(C)C)cn(C)c2=O)O1. The lowest BCUT2D eigenvalue weighted by molar-refractivity contribution is 0.222. The Morgan fingerprint density at radius 2 is 2.25 bits per heavy atom. The fraction of sp³-hybridized carbons (Fsp3) is 0.583. The lowest BCUT2D eigenvalue weighted by atomic mass is 10.0. The first-order valence-corrected chi connectivity index (χ1v) is 5.64. The van der Waals surface area contributed by atoms with Gasteiger partial charge in [0, 0.05) is 18.8 Å². The maximum atomic E-state index is 11.9. The van der Waals surface area contributed by atoms with Gasteiger partial charge in [-0.1, -0.05) is 13.8 Å². The second kappa shape index (κ2) is 3.85. The molecule has 0 fully saturated rings. The Labute approximate surface area is 95.2 Å². The largest absolute Gasteiger partial charge is 0.486 e. The number of hydrogen-bond donors (Lipinski definition) is 1. The molecule has 0 aromatic carbocycles. The monoisotopic (exact) mass is 222 g/mol. The third-order valence-electron chi connectivity index (χ3n) is 2.86. The highest BCUT2D eigenvalue weighted by molar-refractivity contribution is 5.60. The highest BCUT2D eigenvalue weighted by atomic mass is 16.5. The number of aryl methyl sites for hydroxylation is 1. The van der Waals surface area contributed by atoms with Crippen molar-refractivity contribution < 1.29 is 4.74 Å². The molecule has 0 saturated heterocycles. The highest BCUT2D eigenvalue weighted by Gasteiger charge is 2.23. The zero-order chi connectivity index (χ0) is 11.9. The summed E-state index contributed by atoms with van der Waals surface area (Å²) in [6, 6.07) is 0. The van der Waals surface area contributed by atoms with Crippen LogP contribution < -0.4 is 15.6 Å². The molecule has 0 bridgehead atoms. The van der Waals surface area contributed by atoms with E-state index in [0.717, 1.165) is 11.3 Å². The molecule has 1 N–H and O–H groups in total. The Balaban J connectivity index is 2.64. The Bertz CT molecular complexity index is 463. The zero-order valence-electron chi connectivity index (χ0n) is 10.2. The second-order valence-corrected chi connectivity index (χ2v) is 4.67. The molecule has 0 aliphatic carbocycles. The van der Waals surface area contributed by atoms with Gasteiger partial charge in [-0.3, -0.25) is 4.79 Å². The van der Waals surface area contributed by atoms with Crippen molar-refractivity contribution in [2.45, 2.75) is 32.8 Å². The van der Waals surface area contributed by atoms with Gasteiger partial charge in [0.05, 0.1) is 6.54 Å². The number of nitrogens with one attached hydrogen (secondary N) is 1. The molecule has 2 rings (SSSR count). The summed E-state index contributed by atoms with van der Waals surface area (Å²) in [6.07, 6.45) is 1.98. The summed E-state index contributed by atoms with van der Waals surface area (Å²) in [7, 11) is 1.77. The van der Waals surface area contributed by atoms with E-state index in [9.17, 15) is 4.79 Å². The van der Waals surface area contributed by atoms with E-state index in [1.807, 2.05) is 13.1 Å². The summed E-state index contributed by atoms with van der Waals surface area (Å²) in [6.45, 7) is 6.88. The molecule has 1 aliphatic heterocycles. The first-order chi connectivity index (χ1) is 7.50. The number of anilines is 1. The molecule has 0 radical (unpaired) electrons. The van der Waals surface area contributed by atoms with Crippen molar-refractivity contribution in [2.24, 2.45) is 7.05 Å². The van der Waals surface area contributed by atoms with Crippen LogP contribution in [0.3, 0.4) is 0 Å². The van der Waals surface area contributed by atoms with Crippen LogP contribution in [0.15, 0.2) is 11.0 Å². The van der Waals surface area contributed by atoms with Gasteiger partial charge in [0.2, 0.25) is 0 Å². The number of pyridine rings is 1. The fourth-order valence-corrected chi connectivity index (χ4v) is 1.93. The Morgan fingerprint density at radius 3 is 2.88 bits per heavy atom. The van der Waals surface area contributed by atoms with E-state index in [0.29, 0.717) is 18.2 Å². The van der Waals surface area contributed by atoms with Crippen LogP contribution in [0.1, 0.15) is 32.3 Å². The van der Waals surface area contributed by atoms with Crippen LogP contribution in [-0.2, 0) is 7.05 Å². The molecule has 0 saturated carbocycles. The van der Waals surface area contributed by atoms with E-state index in [4.69, 9.17) is 4.74 Å². The lowest BCUT2D eigenvalue weighted by Crippen LogP contribution is -2.34. The van der Waals surface area contributed by atoms with Gasteiger partial charge in [-0.25, -0.2) is 0 Å². The van der Waals surface area contributed by atoms with Gasteiger partial charge >= 0.3 is 0 Å².